The van der Waals surface area contributed by atoms with Crippen LogP contribution in [0, 0.1) is 6.92 Å². The number of benzene rings is 2. The first-order valence-electron chi connectivity index (χ1n) is 7.85. The molecule has 0 fully saturated rings. The predicted octanol–water partition coefficient (Wildman–Crippen LogP) is 5.45. The van der Waals surface area contributed by atoms with Crippen molar-refractivity contribution in [2.75, 3.05) is 0 Å². The largest absolute Gasteiger partial charge is 0.481 e. The van der Waals surface area contributed by atoms with Crippen LogP contribution in [-0.4, -0.2) is 11.1 Å². The van der Waals surface area contributed by atoms with Crippen LogP contribution in [0.25, 0.3) is 5.57 Å². The summed E-state index contributed by atoms with van der Waals surface area (Å²) < 4.78 is 5.84. The second-order valence-electron chi connectivity index (χ2n) is 5.47. The number of para-hydroxylation sites is 1. The van der Waals surface area contributed by atoms with Gasteiger partial charge in [-0.3, -0.25) is 4.79 Å². The standard InChI is InChI=1S/C20H22O3/c1-3-7-16(10-13-20(21)22)19-12-11-18(14-15(19)2)23-17-8-5-4-6-9-17/h4-6,8-12,14H,3,7,13H2,1-2H3,(H,21,22)/b16-10+. The average Bonchev–Trinajstić information content (AvgIpc) is 2.53. The summed E-state index contributed by atoms with van der Waals surface area (Å²) in [6.45, 7) is 4.12. The van der Waals surface area contributed by atoms with Crippen LogP contribution in [0.4, 0.5) is 0 Å². The van der Waals surface area contributed by atoms with Gasteiger partial charge in [0.25, 0.3) is 0 Å². The Morgan fingerprint density at radius 1 is 1.13 bits per heavy atom. The summed E-state index contributed by atoms with van der Waals surface area (Å²) in [5.41, 5.74) is 3.26. The summed E-state index contributed by atoms with van der Waals surface area (Å²) in [6, 6.07) is 15.6. The Morgan fingerprint density at radius 3 is 2.48 bits per heavy atom. The van der Waals surface area contributed by atoms with Crippen molar-refractivity contribution in [2.45, 2.75) is 33.1 Å². The van der Waals surface area contributed by atoms with E-state index in [9.17, 15) is 4.79 Å². The monoisotopic (exact) mass is 310 g/mol. The smallest absolute Gasteiger partial charge is 0.307 e. The lowest BCUT2D eigenvalue weighted by Gasteiger charge is -2.13. The van der Waals surface area contributed by atoms with E-state index in [0.29, 0.717) is 0 Å². The molecular formula is C20H22O3. The third kappa shape index (κ3) is 4.99. The summed E-state index contributed by atoms with van der Waals surface area (Å²) in [5, 5.41) is 8.89. The first kappa shape index (κ1) is 16.8. The van der Waals surface area contributed by atoms with Gasteiger partial charge in [0, 0.05) is 0 Å². The van der Waals surface area contributed by atoms with E-state index in [1.54, 1.807) is 0 Å². The minimum absolute atomic E-state index is 0.0526. The molecule has 0 radical (unpaired) electrons. The maximum absolute atomic E-state index is 10.8. The molecule has 3 heteroatoms. The number of rotatable bonds is 7. The number of hydrogen-bond acceptors (Lipinski definition) is 2. The van der Waals surface area contributed by atoms with Crippen molar-refractivity contribution in [1.82, 2.24) is 0 Å². The van der Waals surface area contributed by atoms with Gasteiger partial charge in [-0.05, 0) is 54.3 Å². The summed E-state index contributed by atoms with van der Waals surface area (Å²) in [4.78, 5) is 10.8. The highest BCUT2D eigenvalue weighted by molar-refractivity contribution is 5.75. The molecular weight excluding hydrogens is 288 g/mol. The highest BCUT2D eigenvalue weighted by Gasteiger charge is 2.07. The molecule has 0 amide bonds. The molecule has 0 aromatic heterocycles. The van der Waals surface area contributed by atoms with E-state index in [0.717, 1.165) is 41.0 Å². The van der Waals surface area contributed by atoms with Crippen molar-refractivity contribution in [3.8, 4) is 11.5 Å². The summed E-state index contributed by atoms with van der Waals surface area (Å²) in [6.07, 6.45) is 3.71. The van der Waals surface area contributed by atoms with Crippen molar-refractivity contribution in [1.29, 1.82) is 0 Å². The van der Waals surface area contributed by atoms with Crippen molar-refractivity contribution in [2.24, 2.45) is 0 Å². The highest BCUT2D eigenvalue weighted by atomic mass is 16.5. The maximum Gasteiger partial charge on any atom is 0.307 e. The molecule has 0 unspecified atom stereocenters. The Hall–Kier alpha value is -2.55. The van der Waals surface area contributed by atoms with Crippen LogP contribution in [0.1, 0.15) is 37.3 Å². The molecule has 0 saturated heterocycles. The van der Waals surface area contributed by atoms with Gasteiger partial charge >= 0.3 is 5.97 Å². The van der Waals surface area contributed by atoms with Gasteiger partial charge in [0.2, 0.25) is 0 Å². The lowest BCUT2D eigenvalue weighted by atomic mass is 9.96. The Labute approximate surface area is 137 Å². The Bertz CT molecular complexity index is 687. The molecule has 0 aliphatic heterocycles. The zero-order valence-corrected chi connectivity index (χ0v) is 13.6. The SMILES string of the molecule is CCC/C(=C\CC(=O)O)c1ccc(Oc2ccccc2)cc1C. The molecule has 0 spiro atoms. The van der Waals surface area contributed by atoms with Crippen molar-refractivity contribution < 1.29 is 14.6 Å². The molecule has 2 aromatic rings. The summed E-state index contributed by atoms with van der Waals surface area (Å²) in [5.74, 6) is 0.779. The molecule has 0 bridgehead atoms. The van der Waals surface area contributed by atoms with Gasteiger partial charge in [0.1, 0.15) is 11.5 Å². The van der Waals surface area contributed by atoms with E-state index in [4.69, 9.17) is 9.84 Å². The first-order chi connectivity index (χ1) is 11.1. The molecule has 0 aliphatic carbocycles. The van der Waals surface area contributed by atoms with Crippen LogP contribution in [0.3, 0.4) is 0 Å². The molecule has 0 heterocycles. The maximum atomic E-state index is 10.8. The number of carboxylic acid groups (broad SMARTS) is 1. The Morgan fingerprint density at radius 2 is 1.87 bits per heavy atom. The normalized spacial score (nSPS) is 11.3. The van der Waals surface area contributed by atoms with E-state index < -0.39 is 5.97 Å². The average molecular weight is 310 g/mol. The molecule has 0 saturated carbocycles. The molecule has 1 N–H and O–H groups in total. The van der Waals surface area contributed by atoms with Gasteiger partial charge in [0.05, 0.1) is 6.42 Å². The second kappa shape index (κ2) is 8.18. The van der Waals surface area contributed by atoms with E-state index in [1.165, 1.54) is 0 Å². The zero-order chi connectivity index (χ0) is 16.7. The molecule has 120 valence electrons. The number of aliphatic carboxylic acids is 1. The van der Waals surface area contributed by atoms with Crippen molar-refractivity contribution >= 4 is 11.5 Å². The van der Waals surface area contributed by atoms with Crippen molar-refractivity contribution in [3.05, 3.63) is 65.7 Å². The van der Waals surface area contributed by atoms with Gasteiger partial charge in [-0.2, -0.15) is 0 Å². The Balaban J connectivity index is 2.23. The lowest BCUT2D eigenvalue weighted by Crippen LogP contribution is -1.95. The molecule has 2 aromatic carbocycles. The van der Waals surface area contributed by atoms with Gasteiger partial charge in [-0.1, -0.05) is 43.7 Å². The van der Waals surface area contributed by atoms with Gasteiger partial charge in [-0.15, -0.1) is 0 Å². The predicted molar refractivity (Wildman–Crippen MR) is 92.8 cm³/mol. The van der Waals surface area contributed by atoms with Crippen molar-refractivity contribution in [3.63, 3.8) is 0 Å². The third-order valence-corrected chi connectivity index (χ3v) is 3.57. The fraction of sp³-hybridized carbons (Fsp3) is 0.250. The molecule has 2 rings (SSSR count). The highest BCUT2D eigenvalue weighted by Crippen LogP contribution is 2.29. The number of carbonyl (C=O) groups is 1. The number of allylic oxidation sites excluding steroid dienone is 1. The Kier molecular flexibility index (Phi) is 5.98. The number of carboxylic acids is 1. The topological polar surface area (TPSA) is 46.5 Å². The number of aryl methyl sites for hydroxylation is 1. The van der Waals surface area contributed by atoms with Gasteiger partial charge in [0.15, 0.2) is 0 Å². The van der Waals surface area contributed by atoms with E-state index >= 15 is 0 Å². The van der Waals surface area contributed by atoms with E-state index in [-0.39, 0.29) is 6.42 Å². The number of hydrogen-bond donors (Lipinski definition) is 1. The fourth-order valence-electron chi connectivity index (χ4n) is 2.51. The lowest BCUT2D eigenvalue weighted by molar-refractivity contribution is -0.135. The summed E-state index contributed by atoms with van der Waals surface area (Å²) in [7, 11) is 0. The molecule has 23 heavy (non-hydrogen) atoms. The fourth-order valence-corrected chi connectivity index (χ4v) is 2.51. The quantitative estimate of drug-likeness (QED) is 0.740. The zero-order valence-electron chi connectivity index (χ0n) is 13.6. The minimum atomic E-state index is -0.805. The van der Waals surface area contributed by atoms with Gasteiger partial charge < -0.3 is 9.84 Å². The van der Waals surface area contributed by atoms with Gasteiger partial charge in [-0.25, -0.2) is 0 Å². The van der Waals surface area contributed by atoms with Crippen LogP contribution in [-0.2, 0) is 4.79 Å². The third-order valence-electron chi connectivity index (χ3n) is 3.57. The van der Waals surface area contributed by atoms with Crippen LogP contribution in [0.5, 0.6) is 11.5 Å². The minimum Gasteiger partial charge on any atom is -0.481 e. The molecule has 0 aliphatic rings. The van der Waals surface area contributed by atoms with Crippen LogP contribution in [0.15, 0.2) is 54.6 Å². The molecule has 3 nitrogen and oxygen atoms in total. The summed E-state index contributed by atoms with van der Waals surface area (Å²) >= 11 is 0. The first-order valence-corrected chi connectivity index (χ1v) is 7.85. The number of ether oxygens (including phenoxy) is 1. The van der Waals surface area contributed by atoms with E-state index in [1.807, 2.05) is 61.5 Å². The molecule has 0 atom stereocenters. The van der Waals surface area contributed by atoms with Crippen LogP contribution < -0.4 is 4.74 Å². The van der Waals surface area contributed by atoms with E-state index in [2.05, 4.69) is 6.92 Å². The van der Waals surface area contributed by atoms with Crippen LogP contribution >= 0.6 is 0 Å². The van der Waals surface area contributed by atoms with Crippen LogP contribution in [0.2, 0.25) is 0 Å². The second-order valence-corrected chi connectivity index (χ2v) is 5.47.